The third-order valence-corrected chi connectivity index (χ3v) is 3.32. The molecule has 0 heterocycles. The van der Waals surface area contributed by atoms with Gasteiger partial charge in [-0.25, -0.2) is 4.39 Å². The minimum atomic E-state index is -0.495. The monoisotopic (exact) mass is 314 g/mol. The molecule has 0 aliphatic rings. The molecule has 0 fully saturated rings. The molecule has 2 aromatic rings. The number of nitrogens with one attached hydrogen (secondary N) is 1. The van der Waals surface area contributed by atoms with E-state index in [1.807, 2.05) is 0 Å². The van der Waals surface area contributed by atoms with Crippen molar-refractivity contribution < 1.29 is 9.31 Å². The van der Waals surface area contributed by atoms with Crippen LogP contribution in [-0.4, -0.2) is 4.92 Å². The molecule has 0 spiro atoms. The molecule has 0 bridgehead atoms. The van der Waals surface area contributed by atoms with E-state index in [0.29, 0.717) is 16.3 Å². The van der Waals surface area contributed by atoms with Crippen molar-refractivity contribution in [1.29, 1.82) is 0 Å². The van der Waals surface area contributed by atoms with Gasteiger partial charge < -0.3 is 5.32 Å². The van der Waals surface area contributed by atoms with Crippen molar-refractivity contribution in [3.05, 3.63) is 67.9 Å². The fraction of sp³-hybridized carbons (Fsp3) is 0.0769. The lowest BCUT2D eigenvalue weighted by Crippen LogP contribution is -2.02. The van der Waals surface area contributed by atoms with Crippen molar-refractivity contribution >= 4 is 34.6 Å². The van der Waals surface area contributed by atoms with Crippen LogP contribution in [0.25, 0.3) is 0 Å². The normalized spacial score (nSPS) is 10.3. The number of benzene rings is 2. The second-order valence-corrected chi connectivity index (χ2v) is 4.82. The molecule has 4 nitrogen and oxygen atoms in total. The van der Waals surface area contributed by atoms with Crippen molar-refractivity contribution in [3.8, 4) is 0 Å². The number of halogens is 3. The van der Waals surface area contributed by atoms with Gasteiger partial charge in [0.25, 0.3) is 5.69 Å². The number of nitrogens with zero attached hydrogens (tertiary/aromatic N) is 1. The average Bonchev–Trinajstić information content (AvgIpc) is 2.39. The molecule has 0 saturated carbocycles. The molecule has 0 atom stereocenters. The van der Waals surface area contributed by atoms with Gasteiger partial charge in [0.2, 0.25) is 0 Å². The van der Waals surface area contributed by atoms with Crippen LogP contribution in [0.2, 0.25) is 10.0 Å². The van der Waals surface area contributed by atoms with E-state index in [1.165, 1.54) is 36.4 Å². The van der Waals surface area contributed by atoms with Crippen LogP contribution in [-0.2, 0) is 6.54 Å². The van der Waals surface area contributed by atoms with Crippen molar-refractivity contribution in [2.75, 3.05) is 5.32 Å². The Morgan fingerprint density at radius 2 is 1.90 bits per heavy atom. The van der Waals surface area contributed by atoms with E-state index in [-0.39, 0.29) is 17.3 Å². The maximum Gasteiger partial charge on any atom is 0.269 e. The zero-order valence-electron chi connectivity index (χ0n) is 10.1. The van der Waals surface area contributed by atoms with Crippen molar-refractivity contribution in [2.24, 2.45) is 0 Å². The molecule has 0 aliphatic heterocycles. The number of non-ortho nitro benzene ring substituents is 1. The number of anilines is 1. The van der Waals surface area contributed by atoms with E-state index in [2.05, 4.69) is 5.32 Å². The Morgan fingerprint density at radius 1 is 1.15 bits per heavy atom. The summed E-state index contributed by atoms with van der Waals surface area (Å²) < 4.78 is 12.9. The minimum absolute atomic E-state index is 0.0450. The molecular weight excluding hydrogens is 306 g/mol. The first-order valence-corrected chi connectivity index (χ1v) is 6.34. The summed E-state index contributed by atoms with van der Waals surface area (Å²) >= 11 is 11.9. The summed E-state index contributed by atoms with van der Waals surface area (Å²) in [6.45, 7) is 0.242. The van der Waals surface area contributed by atoms with Crippen LogP contribution in [0, 0.1) is 15.9 Å². The summed E-state index contributed by atoms with van der Waals surface area (Å²) in [6.07, 6.45) is 0. The lowest BCUT2D eigenvalue weighted by molar-refractivity contribution is -0.384. The molecule has 0 radical (unpaired) electrons. The van der Waals surface area contributed by atoms with E-state index in [9.17, 15) is 14.5 Å². The van der Waals surface area contributed by atoms with E-state index in [1.54, 1.807) is 0 Å². The summed E-state index contributed by atoms with van der Waals surface area (Å²) in [4.78, 5) is 10.2. The fourth-order valence-corrected chi connectivity index (χ4v) is 2.05. The Bertz CT molecular complexity index is 665. The molecule has 0 aromatic heterocycles. The maximum atomic E-state index is 12.9. The summed E-state index contributed by atoms with van der Waals surface area (Å²) in [7, 11) is 0. The lowest BCUT2D eigenvalue weighted by atomic mass is 10.2. The molecule has 0 unspecified atom stereocenters. The van der Waals surface area contributed by atoms with Crippen LogP contribution in [0.4, 0.5) is 15.8 Å². The molecule has 0 amide bonds. The van der Waals surface area contributed by atoms with Crippen LogP contribution < -0.4 is 5.32 Å². The van der Waals surface area contributed by atoms with Crippen LogP contribution in [0.15, 0.2) is 36.4 Å². The van der Waals surface area contributed by atoms with Gasteiger partial charge in [-0.1, -0.05) is 23.2 Å². The molecule has 1 N–H and O–H groups in total. The van der Waals surface area contributed by atoms with Crippen LogP contribution in [0.3, 0.4) is 0 Å². The fourth-order valence-electron chi connectivity index (χ4n) is 1.63. The molecule has 20 heavy (non-hydrogen) atoms. The summed E-state index contributed by atoms with van der Waals surface area (Å²) in [6, 6.07) is 8.11. The number of hydrogen-bond acceptors (Lipinski definition) is 3. The van der Waals surface area contributed by atoms with E-state index < -0.39 is 10.7 Å². The van der Waals surface area contributed by atoms with Crippen LogP contribution >= 0.6 is 23.2 Å². The third-order valence-electron chi connectivity index (χ3n) is 2.64. The summed E-state index contributed by atoms with van der Waals surface area (Å²) in [5.41, 5.74) is 1.04. The first kappa shape index (κ1) is 14.6. The summed E-state index contributed by atoms with van der Waals surface area (Å²) in [5.74, 6) is -0.436. The topological polar surface area (TPSA) is 55.2 Å². The molecule has 7 heteroatoms. The Balaban J connectivity index is 2.18. The Labute approximate surface area is 124 Å². The largest absolute Gasteiger partial charge is 0.380 e. The quantitative estimate of drug-likeness (QED) is 0.660. The van der Waals surface area contributed by atoms with Crippen LogP contribution in [0.1, 0.15) is 5.56 Å². The zero-order chi connectivity index (χ0) is 14.7. The Hall–Kier alpha value is -1.85. The number of nitro groups is 1. The molecule has 2 aromatic carbocycles. The molecular formula is C13H9Cl2FN2O2. The second kappa shape index (κ2) is 6.07. The van der Waals surface area contributed by atoms with E-state index in [0.717, 1.165) is 0 Å². The highest BCUT2D eigenvalue weighted by molar-refractivity contribution is 6.33. The van der Waals surface area contributed by atoms with Crippen molar-refractivity contribution in [2.45, 2.75) is 6.54 Å². The highest BCUT2D eigenvalue weighted by atomic mass is 35.5. The minimum Gasteiger partial charge on any atom is -0.380 e. The Kier molecular flexibility index (Phi) is 4.42. The molecule has 0 saturated heterocycles. The van der Waals surface area contributed by atoms with Crippen molar-refractivity contribution in [3.63, 3.8) is 0 Å². The standard InChI is InChI=1S/C13H9Cl2FN2O2/c14-11-3-2-10(18(19)20)5-8(11)7-17-13-4-1-9(16)6-12(13)15/h1-6,17H,7H2. The highest BCUT2D eigenvalue weighted by Crippen LogP contribution is 2.26. The van der Waals surface area contributed by atoms with Gasteiger partial charge in [0.15, 0.2) is 0 Å². The molecule has 0 aliphatic carbocycles. The van der Waals surface area contributed by atoms with Gasteiger partial charge in [-0.15, -0.1) is 0 Å². The SMILES string of the molecule is O=[N+]([O-])c1ccc(Cl)c(CNc2ccc(F)cc2Cl)c1. The number of nitro benzene ring substituents is 1. The predicted molar refractivity (Wildman–Crippen MR) is 76.8 cm³/mol. The third kappa shape index (κ3) is 3.37. The zero-order valence-corrected chi connectivity index (χ0v) is 11.6. The van der Waals surface area contributed by atoms with E-state index in [4.69, 9.17) is 23.2 Å². The molecule has 104 valence electrons. The van der Waals surface area contributed by atoms with Gasteiger partial charge in [-0.3, -0.25) is 10.1 Å². The predicted octanol–water partition coefficient (Wildman–Crippen LogP) is 4.65. The highest BCUT2D eigenvalue weighted by Gasteiger charge is 2.10. The first-order valence-electron chi connectivity index (χ1n) is 5.59. The second-order valence-electron chi connectivity index (χ2n) is 4.01. The first-order chi connectivity index (χ1) is 9.47. The van der Waals surface area contributed by atoms with Crippen molar-refractivity contribution in [1.82, 2.24) is 0 Å². The smallest absolute Gasteiger partial charge is 0.269 e. The van der Waals surface area contributed by atoms with Gasteiger partial charge in [0, 0.05) is 23.7 Å². The molecule has 2 rings (SSSR count). The Morgan fingerprint density at radius 3 is 2.55 bits per heavy atom. The van der Waals surface area contributed by atoms with Gasteiger partial charge in [0.1, 0.15) is 5.82 Å². The van der Waals surface area contributed by atoms with Gasteiger partial charge in [-0.05, 0) is 29.8 Å². The maximum absolute atomic E-state index is 12.9. The van der Waals surface area contributed by atoms with Gasteiger partial charge in [0.05, 0.1) is 15.6 Å². The van der Waals surface area contributed by atoms with E-state index >= 15 is 0 Å². The van der Waals surface area contributed by atoms with Crippen LogP contribution in [0.5, 0.6) is 0 Å². The lowest BCUT2D eigenvalue weighted by Gasteiger charge is -2.09. The van der Waals surface area contributed by atoms with Gasteiger partial charge in [-0.2, -0.15) is 0 Å². The number of hydrogen-bond donors (Lipinski definition) is 1. The average molecular weight is 315 g/mol. The summed E-state index contributed by atoms with van der Waals surface area (Å²) in [5, 5.41) is 14.3. The van der Waals surface area contributed by atoms with Gasteiger partial charge >= 0.3 is 0 Å². The number of rotatable bonds is 4.